The minimum atomic E-state index is 0.427. The molecular formula is C17H17N7O. The van der Waals surface area contributed by atoms with E-state index < -0.39 is 0 Å². The number of rotatable bonds is 6. The first-order valence-electron chi connectivity index (χ1n) is 7.84. The molecule has 0 aliphatic heterocycles. The molecule has 0 aliphatic rings. The van der Waals surface area contributed by atoms with Crippen LogP contribution in [0.25, 0.3) is 11.0 Å². The number of methoxy groups -OCH3 is 1. The molecule has 8 nitrogen and oxygen atoms in total. The van der Waals surface area contributed by atoms with E-state index >= 15 is 0 Å². The third-order valence-electron chi connectivity index (χ3n) is 3.81. The van der Waals surface area contributed by atoms with Gasteiger partial charge in [-0.3, -0.25) is 5.10 Å². The summed E-state index contributed by atoms with van der Waals surface area (Å²) in [5.74, 6) is 0.487. The van der Waals surface area contributed by atoms with E-state index in [1.807, 2.05) is 22.9 Å². The fraction of sp³-hybridized carbons (Fsp3) is 0.176. The van der Waals surface area contributed by atoms with Crippen molar-refractivity contribution in [3.8, 4) is 0 Å². The summed E-state index contributed by atoms with van der Waals surface area (Å²) in [4.78, 5) is 8.95. The SMILES string of the molecule is COCc1[nH]ncc1Nc1ncc2cnn(Cc3ccccc3)c2n1. The van der Waals surface area contributed by atoms with Gasteiger partial charge in [0.25, 0.3) is 0 Å². The average Bonchev–Trinajstić information content (AvgIpc) is 3.24. The summed E-state index contributed by atoms with van der Waals surface area (Å²) in [6.45, 7) is 1.08. The Kier molecular flexibility index (Phi) is 4.09. The molecule has 25 heavy (non-hydrogen) atoms. The first kappa shape index (κ1) is 15.3. The van der Waals surface area contributed by atoms with Gasteiger partial charge in [0.05, 0.1) is 42.3 Å². The van der Waals surface area contributed by atoms with Gasteiger partial charge < -0.3 is 10.1 Å². The van der Waals surface area contributed by atoms with Crippen molar-refractivity contribution in [2.75, 3.05) is 12.4 Å². The summed E-state index contributed by atoms with van der Waals surface area (Å²) in [5.41, 5.74) is 3.57. The van der Waals surface area contributed by atoms with E-state index in [4.69, 9.17) is 4.74 Å². The first-order valence-corrected chi connectivity index (χ1v) is 7.84. The fourth-order valence-electron chi connectivity index (χ4n) is 2.59. The lowest BCUT2D eigenvalue weighted by Gasteiger charge is -2.06. The van der Waals surface area contributed by atoms with E-state index in [-0.39, 0.29) is 0 Å². The normalized spacial score (nSPS) is 11.1. The Morgan fingerprint density at radius 3 is 2.88 bits per heavy atom. The summed E-state index contributed by atoms with van der Waals surface area (Å²) in [6, 6.07) is 10.2. The zero-order valence-corrected chi connectivity index (χ0v) is 13.7. The van der Waals surface area contributed by atoms with Gasteiger partial charge in [-0.2, -0.15) is 15.2 Å². The van der Waals surface area contributed by atoms with Crippen molar-refractivity contribution in [1.82, 2.24) is 29.9 Å². The summed E-state index contributed by atoms with van der Waals surface area (Å²) in [5, 5.41) is 15.4. The van der Waals surface area contributed by atoms with Crippen LogP contribution in [0.4, 0.5) is 11.6 Å². The van der Waals surface area contributed by atoms with Gasteiger partial charge in [-0.25, -0.2) is 9.67 Å². The molecule has 8 heteroatoms. The van der Waals surface area contributed by atoms with Crippen molar-refractivity contribution in [1.29, 1.82) is 0 Å². The molecule has 4 aromatic rings. The van der Waals surface area contributed by atoms with Crippen LogP contribution < -0.4 is 5.32 Å². The quantitative estimate of drug-likeness (QED) is 0.562. The largest absolute Gasteiger partial charge is 0.378 e. The van der Waals surface area contributed by atoms with E-state index in [2.05, 4.69) is 42.7 Å². The zero-order chi connectivity index (χ0) is 17.1. The first-order chi connectivity index (χ1) is 12.3. The molecule has 0 bridgehead atoms. The molecular weight excluding hydrogens is 318 g/mol. The van der Waals surface area contributed by atoms with Crippen LogP contribution in [-0.4, -0.2) is 37.1 Å². The standard InChI is InChI=1S/C17H17N7O/c1-25-11-15-14(9-19-23-15)21-17-18-7-13-8-20-24(16(13)22-17)10-12-5-3-2-4-6-12/h2-9H,10-11H2,1H3,(H,19,23)(H,18,21,22). The van der Waals surface area contributed by atoms with Crippen molar-refractivity contribution < 1.29 is 4.74 Å². The number of hydrogen-bond acceptors (Lipinski definition) is 6. The number of H-pyrrole nitrogens is 1. The Bertz CT molecular complexity index is 977. The number of nitrogens with zero attached hydrogens (tertiary/aromatic N) is 5. The Morgan fingerprint density at radius 2 is 2.04 bits per heavy atom. The van der Waals surface area contributed by atoms with Crippen LogP contribution in [0.5, 0.6) is 0 Å². The van der Waals surface area contributed by atoms with Gasteiger partial charge >= 0.3 is 0 Å². The van der Waals surface area contributed by atoms with E-state index in [1.54, 1.807) is 25.7 Å². The maximum Gasteiger partial charge on any atom is 0.229 e. The molecule has 0 fully saturated rings. The van der Waals surface area contributed by atoms with E-state index in [9.17, 15) is 0 Å². The number of aromatic nitrogens is 6. The maximum atomic E-state index is 5.14. The van der Waals surface area contributed by atoms with Crippen LogP contribution in [-0.2, 0) is 17.9 Å². The van der Waals surface area contributed by atoms with Gasteiger partial charge in [0.2, 0.25) is 5.95 Å². The lowest BCUT2D eigenvalue weighted by atomic mass is 10.2. The number of aromatic amines is 1. The third-order valence-corrected chi connectivity index (χ3v) is 3.81. The van der Waals surface area contributed by atoms with Gasteiger partial charge in [0.1, 0.15) is 0 Å². The van der Waals surface area contributed by atoms with Crippen molar-refractivity contribution in [3.05, 3.63) is 60.2 Å². The maximum absolute atomic E-state index is 5.14. The van der Waals surface area contributed by atoms with Crippen molar-refractivity contribution >= 4 is 22.7 Å². The number of nitrogens with one attached hydrogen (secondary N) is 2. The predicted octanol–water partition coefficient (Wildman–Crippen LogP) is 2.49. The van der Waals surface area contributed by atoms with Crippen molar-refractivity contribution in [2.45, 2.75) is 13.2 Å². The molecule has 0 spiro atoms. The molecule has 0 radical (unpaired) electrons. The number of ether oxygens (including phenoxy) is 1. The Morgan fingerprint density at radius 1 is 1.16 bits per heavy atom. The Hall–Kier alpha value is -3.26. The molecule has 3 heterocycles. The molecule has 0 saturated carbocycles. The minimum Gasteiger partial charge on any atom is -0.378 e. The van der Waals surface area contributed by atoms with Crippen molar-refractivity contribution in [2.24, 2.45) is 0 Å². The summed E-state index contributed by atoms with van der Waals surface area (Å²) in [7, 11) is 1.63. The molecule has 3 aromatic heterocycles. The highest BCUT2D eigenvalue weighted by molar-refractivity contribution is 5.75. The molecule has 0 saturated heterocycles. The van der Waals surface area contributed by atoms with Crippen LogP contribution in [0.3, 0.4) is 0 Å². The second kappa shape index (κ2) is 6.70. The molecule has 0 amide bonds. The molecule has 0 aliphatic carbocycles. The van der Waals surface area contributed by atoms with Crippen LogP contribution in [0, 0.1) is 0 Å². The van der Waals surface area contributed by atoms with Gasteiger partial charge in [-0.1, -0.05) is 30.3 Å². The van der Waals surface area contributed by atoms with Crippen LogP contribution >= 0.6 is 0 Å². The average molecular weight is 335 g/mol. The van der Waals surface area contributed by atoms with Crippen LogP contribution in [0.2, 0.25) is 0 Å². The Labute approximate surface area is 143 Å². The number of benzene rings is 1. The number of hydrogen-bond donors (Lipinski definition) is 2. The van der Waals surface area contributed by atoms with Gasteiger partial charge in [-0.15, -0.1) is 0 Å². The second-order valence-corrected chi connectivity index (χ2v) is 5.58. The predicted molar refractivity (Wildman–Crippen MR) is 93.5 cm³/mol. The third kappa shape index (κ3) is 3.20. The lowest BCUT2D eigenvalue weighted by molar-refractivity contribution is 0.182. The topological polar surface area (TPSA) is 93.5 Å². The van der Waals surface area contributed by atoms with Gasteiger partial charge in [-0.05, 0) is 5.56 Å². The van der Waals surface area contributed by atoms with Crippen LogP contribution in [0.1, 0.15) is 11.3 Å². The monoisotopic (exact) mass is 335 g/mol. The summed E-state index contributed by atoms with van der Waals surface area (Å²) < 4.78 is 7.01. The number of fused-ring (bicyclic) bond motifs is 1. The smallest absolute Gasteiger partial charge is 0.229 e. The second-order valence-electron chi connectivity index (χ2n) is 5.58. The molecule has 2 N–H and O–H groups in total. The molecule has 4 rings (SSSR count). The summed E-state index contributed by atoms with van der Waals surface area (Å²) in [6.07, 6.45) is 5.22. The van der Waals surface area contributed by atoms with E-state index in [0.29, 0.717) is 19.1 Å². The Balaban J connectivity index is 1.63. The minimum absolute atomic E-state index is 0.427. The molecule has 0 unspecified atom stereocenters. The molecule has 0 atom stereocenters. The van der Waals surface area contributed by atoms with Crippen molar-refractivity contribution in [3.63, 3.8) is 0 Å². The number of anilines is 2. The van der Waals surface area contributed by atoms with Gasteiger partial charge in [0.15, 0.2) is 5.65 Å². The highest BCUT2D eigenvalue weighted by Gasteiger charge is 2.10. The van der Waals surface area contributed by atoms with Gasteiger partial charge in [0, 0.05) is 13.3 Å². The molecule has 1 aromatic carbocycles. The lowest BCUT2D eigenvalue weighted by Crippen LogP contribution is -2.04. The van der Waals surface area contributed by atoms with E-state index in [0.717, 1.165) is 28.0 Å². The van der Waals surface area contributed by atoms with Crippen LogP contribution in [0.15, 0.2) is 48.9 Å². The summed E-state index contributed by atoms with van der Waals surface area (Å²) >= 11 is 0. The fourth-order valence-corrected chi connectivity index (χ4v) is 2.59. The molecule has 126 valence electrons. The zero-order valence-electron chi connectivity index (χ0n) is 13.7. The highest BCUT2D eigenvalue weighted by atomic mass is 16.5. The van der Waals surface area contributed by atoms with E-state index in [1.165, 1.54) is 0 Å². The highest BCUT2D eigenvalue weighted by Crippen LogP contribution is 2.19.